The molecule has 3 aromatic carbocycles. The van der Waals surface area contributed by atoms with Crippen LogP contribution in [-0.4, -0.2) is 15.3 Å². The van der Waals surface area contributed by atoms with Crippen molar-refractivity contribution in [2.45, 2.75) is 26.7 Å². The quantitative estimate of drug-likeness (QED) is 0.299. The minimum Gasteiger partial charge on any atom is -0.143 e. The molecule has 0 unspecified atom stereocenters. The molecule has 6 heteroatoms. The van der Waals surface area contributed by atoms with Crippen LogP contribution in [0.25, 0.3) is 37.8 Å². The Morgan fingerprint density at radius 3 is 2.29 bits per heavy atom. The smallest absolute Gasteiger partial charge is 0.143 e. The minimum atomic E-state index is 0.923. The van der Waals surface area contributed by atoms with Crippen molar-refractivity contribution in [3.05, 3.63) is 64.1 Å². The second-order valence-electron chi connectivity index (χ2n) is 6.72. The molecule has 138 valence electrons. The van der Waals surface area contributed by atoms with Gasteiger partial charge in [0.05, 0.1) is 0 Å². The molecule has 0 fully saturated rings. The average molecular weight is 404 g/mol. The fraction of sp³-hybridized carbons (Fsp3) is 0.182. The van der Waals surface area contributed by atoms with Gasteiger partial charge in [0.15, 0.2) is 5.01 Å². The van der Waals surface area contributed by atoms with Crippen LogP contribution in [0.4, 0.5) is 0 Å². The zero-order valence-electron chi connectivity index (χ0n) is 15.7. The number of hydrogen-bond acceptors (Lipinski definition) is 5. The summed E-state index contributed by atoms with van der Waals surface area (Å²) < 4.78 is 1.97. The van der Waals surface area contributed by atoms with Crippen molar-refractivity contribution in [2.24, 2.45) is 0 Å². The van der Waals surface area contributed by atoms with Gasteiger partial charge in [-0.2, -0.15) is 0 Å². The van der Waals surface area contributed by atoms with E-state index in [4.69, 9.17) is 0 Å². The highest BCUT2D eigenvalue weighted by molar-refractivity contribution is 7.14. The van der Waals surface area contributed by atoms with Gasteiger partial charge in [-0.25, -0.2) is 0 Å². The Labute approximate surface area is 171 Å². The fourth-order valence-electron chi connectivity index (χ4n) is 3.32. The molecule has 5 rings (SSSR count). The van der Waals surface area contributed by atoms with Crippen LogP contribution < -0.4 is 4.68 Å². The van der Waals surface area contributed by atoms with Crippen LogP contribution in [0.1, 0.15) is 23.9 Å². The normalized spacial score (nSPS) is 11.5. The molecule has 0 N–H and O–H groups in total. The lowest BCUT2D eigenvalue weighted by Crippen LogP contribution is -2.31. The number of aryl methyl sites for hydroxylation is 2. The van der Waals surface area contributed by atoms with E-state index in [2.05, 4.69) is 83.2 Å². The predicted molar refractivity (Wildman–Crippen MR) is 116 cm³/mol. The topological polar surface area (TPSA) is 42.5 Å². The molecule has 0 bridgehead atoms. The lowest BCUT2D eigenvalue weighted by Gasteiger charge is -2.04. The molecule has 0 aliphatic heterocycles. The largest absolute Gasteiger partial charge is 0.259 e. The maximum absolute atomic E-state index is 4.65. The highest BCUT2D eigenvalue weighted by Gasteiger charge is 2.13. The summed E-state index contributed by atoms with van der Waals surface area (Å²) in [7, 11) is 0. The maximum Gasteiger partial charge on any atom is 0.259 e. The molecular formula is C22H19N4S2+. The lowest BCUT2D eigenvalue weighted by atomic mass is 10.0. The fourth-order valence-corrected chi connectivity index (χ4v) is 4.79. The molecule has 0 saturated heterocycles. The van der Waals surface area contributed by atoms with Gasteiger partial charge >= 0.3 is 0 Å². The van der Waals surface area contributed by atoms with Gasteiger partial charge in [0.2, 0.25) is 5.69 Å². The third-order valence-electron chi connectivity index (χ3n) is 4.87. The summed E-state index contributed by atoms with van der Waals surface area (Å²) in [6.45, 7) is 4.24. The Bertz CT molecular complexity index is 1210. The van der Waals surface area contributed by atoms with Gasteiger partial charge in [0.1, 0.15) is 10.0 Å². The third-order valence-corrected chi connectivity index (χ3v) is 6.93. The van der Waals surface area contributed by atoms with E-state index in [9.17, 15) is 0 Å². The molecule has 4 nitrogen and oxygen atoms in total. The van der Waals surface area contributed by atoms with Crippen molar-refractivity contribution in [1.82, 2.24) is 15.3 Å². The van der Waals surface area contributed by atoms with E-state index >= 15 is 0 Å². The average Bonchev–Trinajstić information content (AvgIpc) is 3.41. The Morgan fingerprint density at radius 1 is 0.786 bits per heavy atom. The zero-order chi connectivity index (χ0) is 19.1. The molecule has 0 radical (unpaired) electrons. The number of aromatic nitrogens is 4. The first-order chi connectivity index (χ1) is 13.7. The highest BCUT2D eigenvalue weighted by atomic mass is 32.1. The van der Waals surface area contributed by atoms with E-state index in [0.717, 1.165) is 39.1 Å². The molecule has 5 aromatic rings. The van der Waals surface area contributed by atoms with Crippen molar-refractivity contribution in [3.63, 3.8) is 0 Å². The molecule has 0 atom stereocenters. The van der Waals surface area contributed by atoms with Crippen LogP contribution in [0.15, 0.2) is 54.0 Å². The van der Waals surface area contributed by atoms with E-state index in [-0.39, 0.29) is 0 Å². The molecule has 2 heterocycles. The van der Waals surface area contributed by atoms with Crippen molar-refractivity contribution < 1.29 is 4.68 Å². The van der Waals surface area contributed by atoms with Crippen LogP contribution in [0, 0.1) is 0 Å². The predicted octanol–water partition coefficient (Wildman–Crippen LogP) is 5.37. The standard InChI is InChI=1S/C22H19N4S2/c1-3-20-23-24-22(28-20)16-6-5-14-9-15-7-8-19(12-18(15)11-17(14)10-16)26-13-27-21(4-2)25-26/h5-13H,3-4H2,1-2H3/q+1. The van der Waals surface area contributed by atoms with E-state index in [1.807, 2.05) is 4.68 Å². The lowest BCUT2D eigenvalue weighted by molar-refractivity contribution is -0.654. The van der Waals surface area contributed by atoms with Crippen molar-refractivity contribution in [3.8, 4) is 16.3 Å². The monoisotopic (exact) mass is 403 g/mol. The SMILES string of the molecule is CCc1n[n+](-c2ccc3cc4ccc(-c5nnc(CC)s5)cc4cc3c2)cs1. The summed E-state index contributed by atoms with van der Waals surface area (Å²) >= 11 is 3.37. The van der Waals surface area contributed by atoms with Crippen LogP contribution in [-0.2, 0) is 12.8 Å². The van der Waals surface area contributed by atoms with Gasteiger partial charge in [-0.3, -0.25) is 0 Å². The zero-order valence-corrected chi connectivity index (χ0v) is 17.3. The highest BCUT2D eigenvalue weighted by Crippen LogP contribution is 2.30. The van der Waals surface area contributed by atoms with E-state index in [1.165, 1.54) is 21.5 Å². The Morgan fingerprint density at radius 2 is 1.54 bits per heavy atom. The molecule has 0 saturated carbocycles. The van der Waals surface area contributed by atoms with Crippen LogP contribution in [0.3, 0.4) is 0 Å². The van der Waals surface area contributed by atoms with E-state index in [1.54, 1.807) is 22.7 Å². The van der Waals surface area contributed by atoms with Crippen molar-refractivity contribution in [2.75, 3.05) is 0 Å². The Hall–Kier alpha value is -2.70. The molecule has 28 heavy (non-hydrogen) atoms. The van der Waals surface area contributed by atoms with Gasteiger partial charge in [0, 0.05) is 29.2 Å². The second kappa shape index (κ2) is 7.04. The molecule has 0 spiro atoms. The number of rotatable bonds is 4. The molecule has 0 amide bonds. The summed E-state index contributed by atoms with van der Waals surface area (Å²) in [5, 5.41) is 21.4. The van der Waals surface area contributed by atoms with Crippen LogP contribution >= 0.6 is 22.7 Å². The van der Waals surface area contributed by atoms with E-state index in [0.29, 0.717) is 0 Å². The first kappa shape index (κ1) is 17.4. The summed E-state index contributed by atoms with van der Waals surface area (Å²) in [6.07, 6.45) is 1.89. The first-order valence-electron chi connectivity index (χ1n) is 9.40. The minimum absolute atomic E-state index is 0.923. The summed E-state index contributed by atoms with van der Waals surface area (Å²) in [5.74, 6) is 0. The van der Waals surface area contributed by atoms with Crippen molar-refractivity contribution >= 4 is 44.2 Å². The molecular weight excluding hydrogens is 384 g/mol. The van der Waals surface area contributed by atoms with E-state index < -0.39 is 0 Å². The molecule has 2 aromatic heterocycles. The Kier molecular flexibility index (Phi) is 4.37. The Balaban J connectivity index is 1.61. The summed E-state index contributed by atoms with van der Waals surface area (Å²) in [5.41, 5.74) is 4.29. The van der Waals surface area contributed by atoms with Gasteiger partial charge in [0.25, 0.3) is 5.51 Å². The summed E-state index contributed by atoms with van der Waals surface area (Å²) in [6, 6.07) is 17.6. The summed E-state index contributed by atoms with van der Waals surface area (Å²) in [4.78, 5) is 0. The number of benzene rings is 3. The number of nitrogens with zero attached hydrogens (tertiary/aromatic N) is 4. The number of hydrogen-bond donors (Lipinski definition) is 0. The molecule has 0 aliphatic carbocycles. The van der Waals surface area contributed by atoms with Crippen molar-refractivity contribution in [1.29, 1.82) is 0 Å². The maximum atomic E-state index is 4.65. The van der Waals surface area contributed by atoms with Gasteiger partial charge < -0.3 is 0 Å². The second-order valence-corrected chi connectivity index (χ2v) is 8.70. The third kappa shape index (κ3) is 3.08. The first-order valence-corrected chi connectivity index (χ1v) is 11.1. The van der Waals surface area contributed by atoms with Gasteiger partial charge in [-0.15, -0.1) is 10.2 Å². The van der Waals surface area contributed by atoms with Gasteiger partial charge in [-0.05, 0) is 56.9 Å². The molecule has 0 aliphatic rings. The number of fused-ring (bicyclic) bond motifs is 2. The van der Waals surface area contributed by atoms with Gasteiger partial charge in [-0.1, -0.05) is 48.7 Å². The van der Waals surface area contributed by atoms with Crippen LogP contribution in [0.5, 0.6) is 0 Å². The van der Waals surface area contributed by atoms with Crippen LogP contribution in [0.2, 0.25) is 0 Å².